The molecule has 0 amide bonds. The van der Waals surface area contributed by atoms with Crippen LogP contribution in [-0.2, 0) is 6.42 Å². The average Bonchev–Trinajstić information content (AvgIpc) is 2.36. The van der Waals surface area contributed by atoms with Gasteiger partial charge in [-0.3, -0.25) is 4.98 Å². The summed E-state index contributed by atoms with van der Waals surface area (Å²) in [6.07, 6.45) is -1.69. The molecule has 0 aliphatic rings. The lowest BCUT2D eigenvalue weighted by atomic mass is 10.00. The third-order valence-electron chi connectivity index (χ3n) is 3.04. The summed E-state index contributed by atoms with van der Waals surface area (Å²) < 4.78 is 36.6. The highest BCUT2D eigenvalue weighted by atomic mass is 19.4. The molecule has 0 bridgehead atoms. The molecule has 108 valence electrons. The third-order valence-corrected chi connectivity index (χ3v) is 3.04. The zero-order valence-electron chi connectivity index (χ0n) is 11.4. The normalized spacial score (nSPS) is 13.5. The molecule has 0 saturated carbocycles. The SMILES string of the molecule is CCNC(CCCC(F)(F)F)c1ncccc1CC. The van der Waals surface area contributed by atoms with Crippen LogP contribution in [0.5, 0.6) is 0 Å². The minimum absolute atomic E-state index is 0.0940. The molecule has 0 saturated heterocycles. The van der Waals surface area contributed by atoms with Crippen molar-refractivity contribution in [3.8, 4) is 0 Å². The molecular weight excluding hydrogens is 253 g/mol. The zero-order valence-corrected chi connectivity index (χ0v) is 11.4. The molecule has 2 nitrogen and oxygen atoms in total. The van der Waals surface area contributed by atoms with E-state index in [9.17, 15) is 13.2 Å². The Balaban J connectivity index is 2.71. The van der Waals surface area contributed by atoms with Gasteiger partial charge in [-0.1, -0.05) is 19.9 Å². The van der Waals surface area contributed by atoms with E-state index >= 15 is 0 Å². The van der Waals surface area contributed by atoms with Crippen molar-refractivity contribution >= 4 is 0 Å². The lowest BCUT2D eigenvalue weighted by molar-refractivity contribution is -0.135. The molecule has 0 spiro atoms. The van der Waals surface area contributed by atoms with Gasteiger partial charge < -0.3 is 5.32 Å². The Morgan fingerprint density at radius 3 is 2.63 bits per heavy atom. The van der Waals surface area contributed by atoms with Crippen molar-refractivity contribution in [3.63, 3.8) is 0 Å². The van der Waals surface area contributed by atoms with E-state index in [1.54, 1.807) is 6.20 Å². The molecule has 1 atom stereocenters. The predicted molar refractivity (Wildman–Crippen MR) is 69.9 cm³/mol. The van der Waals surface area contributed by atoms with Crippen molar-refractivity contribution in [1.29, 1.82) is 0 Å². The van der Waals surface area contributed by atoms with Gasteiger partial charge >= 0.3 is 6.18 Å². The summed E-state index contributed by atoms with van der Waals surface area (Å²) in [4.78, 5) is 4.34. The van der Waals surface area contributed by atoms with E-state index in [2.05, 4.69) is 10.3 Å². The number of pyridine rings is 1. The Labute approximate surface area is 112 Å². The Hall–Kier alpha value is -1.10. The standard InChI is InChI=1S/C14H21F3N2/c1-3-11-7-6-10-19-13(11)12(18-4-2)8-5-9-14(15,16)17/h6-7,10,12,18H,3-5,8-9H2,1-2H3. The van der Waals surface area contributed by atoms with Gasteiger partial charge in [0, 0.05) is 18.7 Å². The van der Waals surface area contributed by atoms with E-state index in [0.29, 0.717) is 6.42 Å². The molecule has 0 radical (unpaired) electrons. The largest absolute Gasteiger partial charge is 0.389 e. The number of aryl methyl sites for hydroxylation is 1. The van der Waals surface area contributed by atoms with Gasteiger partial charge in [0.25, 0.3) is 0 Å². The third kappa shape index (κ3) is 5.59. The summed E-state index contributed by atoms with van der Waals surface area (Å²) in [5.41, 5.74) is 1.98. The number of rotatable bonds is 7. The van der Waals surface area contributed by atoms with Crippen molar-refractivity contribution in [1.82, 2.24) is 10.3 Å². The van der Waals surface area contributed by atoms with Gasteiger partial charge in [0.1, 0.15) is 0 Å². The first-order chi connectivity index (χ1) is 8.98. The molecule has 19 heavy (non-hydrogen) atoms. The van der Waals surface area contributed by atoms with Crippen LogP contribution in [0.1, 0.15) is 50.4 Å². The van der Waals surface area contributed by atoms with Crippen LogP contribution in [0, 0.1) is 0 Å². The van der Waals surface area contributed by atoms with Crippen LogP contribution in [-0.4, -0.2) is 17.7 Å². The Morgan fingerprint density at radius 2 is 2.05 bits per heavy atom. The van der Waals surface area contributed by atoms with Crippen LogP contribution in [0.25, 0.3) is 0 Å². The lowest BCUT2D eigenvalue weighted by Gasteiger charge is -2.20. The van der Waals surface area contributed by atoms with Gasteiger partial charge in [-0.2, -0.15) is 13.2 Å². The van der Waals surface area contributed by atoms with E-state index < -0.39 is 12.6 Å². The van der Waals surface area contributed by atoms with E-state index in [1.165, 1.54) is 0 Å². The molecule has 0 aliphatic heterocycles. The van der Waals surface area contributed by atoms with Gasteiger partial charge in [-0.05, 0) is 37.4 Å². The van der Waals surface area contributed by atoms with Crippen LogP contribution >= 0.6 is 0 Å². The maximum Gasteiger partial charge on any atom is 0.389 e. The van der Waals surface area contributed by atoms with Crippen LogP contribution in [0.3, 0.4) is 0 Å². The minimum atomic E-state index is -4.07. The fraction of sp³-hybridized carbons (Fsp3) is 0.643. The summed E-state index contributed by atoms with van der Waals surface area (Å²) in [5, 5.41) is 3.23. The highest BCUT2D eigenvalue weighted by molar-refractivity contribution is 5.22. The smallest absolute Gasteiger partial charge is 0.309 e. The van der Waals surface area contributed by atoms with Crippen molar-refractivity contribution in [2.24, 2.45) is 0 Å². The Kier molecular flexibility index (Phi) is 6.28. The van der Waals surface area contributed by atoms with Crippen LogP contribution in [0.2, 0.25) is 0 Å². The molecule has 1 N–H and O–H groups in total. The number of alkyl halides is 3. The first kappa shape index (κ1) is 16.0. The summed E-state index contributed by atoms with van der Waals surface area (Å²) in [6, 6.07) is 3.75. The Morgan fingerprint density at radius 1 is 1.32 bits per heavy atom. The lowest BCUT2D eigenvalue weighted by Crippen LogP contribution is -2.23. The maximum atomic E-state index is 12.2. The quantitative estimate of drug-likeness (QED) is 0.812. The topological polar surface area (TPSA) is 24.9 Å². The molecule has 0 aromatic carbocycles. The van der Waals surface area contributed by atoms with Gasteiger partial charge in [-0.25, -0.2) is 0 Å². The van der Waals surface area contributed by atoms with Crippen LogP contribution in [0.4, 0.5) is 13.2 Å². The van der Waals surface area contributed by atoms with Gasteiger partial charge in [0.15, 0.2) is 0 Å². The molecule has 0 aliphatic carbocycles. The molecule has 1 aromatic rings. The van der Waals surface area contributed by atoms with Crippen molar-refractivity contribution in [2.45, 2.75) is 51.7 Å². The van der Waals surface area contributed by atoms with E-state index in [1.807, 2.05) is 26.0 Å². The van der Waals surface area contributed by atoms with E-state index in [-0.39, 0.29) is 12.5 Å². The van der Waals surface area contributed by atoms with Gasteiger partial charge in [-0.15, -0.1) is 0 Å². The maximum absolute atomic E-state index is 12.2. The first-order valence-electron chi connectivity index (χ1n) is 6.71. The summed E-state index contributed by atoms with van der Waals surface area (Å²) in [6.45, 7) is 4.70. The fourth-order valence-electron chi connectivity index (χ4n) is 2.15. The van der Waals surface area contributed by atoms with Gasteiger partial charge in [0.05, 0.1) is 5.69 Å². The van der Waals surface area contributed by atoms with Crippen LogP contribution < -0.4 is 5.32 Å². The monoisotopic (exact) mass is 274 g/mol. The molecule has 1 aromatic heterocycles. The number of aromatic nitrogens is 1. The second-order valence-electron chi connectivity index (χ2n) is 4.52. The van der Waals surface area contributed by atoms with E-state index in [0.717, 1.165) is 24.2 Å². The first-order valence-corrected chi connectivity index (χ1v) is 6.71. The van der Waals surface area contributed by atoms with Crippen LogP contribution in [0.15, 0.2) is 18.3 Å². The molecule has 0 fully saturated rings. The van der Waals surface area contributed by atoms with Crippen molar-refractivity contribution in [3.05, 3.63) is 29.6 Å². The zero-order chi connectivity index (χ0) is 14.3. The fourth-order valence-corrected chi connectivity index (χ4v) is 2.15. The molecule has 1 rings (SSSR count). The second kappa shape index (κ2) is 7.48. The Bertz CT molecular complexity index is 377. The summed E-state index contributed by atoms with van der Waals surface area (Å²) >= 11 is 0. The molecule has 5 heteroatoms. The number of halogens is 3. The minimum Gasteiger partial charge on any atom is -0.309 e. The number of nitrogens with one attached hydrogen (secondary N) is 1. The van der Waals surface area contributed by atoms with Crippen molar-refractivity contribution in [2.75, 3.05) is 6.54 Å². The van der Waals surface area contributed by atoms with Gasteiger partial charge in [0.2, 0.25) is 0 Å². The summed E-state index contributed by atoms with van der Waals surface area (Å²) in [7, 11) is 0. The van der Waals surface area contributed by atoms with Crippen molar-refractivity contribution < 1.29 is 13.2 Å². The highest BCUT2D eigenvalue weighted by Gasteiger charge is 2.27. The highest BCUT2D eigenvalue weighted by Crippen LogP contribution is 2.27. The molecule has 1 unspecified atom stereocenters. The summed E-state index contributed by atoms with van der Waals surface area (Å²) in [5.74, 6) is 0. The number of hydrogen-bond donors (Lipinski definition) is 1. The van der Waals surface area contributed by atoms with E-state index in [4.69, 9.17) is 0 Å². The average molecular weight is 274 g/mol. The molecular formula is C14H21F3N2. The number of hydrogen-bond acceptors (Lipinski definition) is 2. The second-order valence-corrected chi connectivity index (χ2v) is 4.52. The predicted octanol–water partition coefficient (Wildman–Crippen LogP) is 4.03. The molecule has 1 heterocycles. The number of nitrogens with zero attached hydrogens (tertiary/aromatic N) is 1.